The summed E-state index contributed by atoms with van der Waals surface area (Å²) >= 11 is 0. The van der Waals surface area contributed by atoms with E-state index in [2.05, 4.69) is 21.9 Å². The molecule has 13 heavy (non-hydrogen) atoms. The molecule has 0 saturated heterocycles. The lowest BCUT2D eigenvalue weighted by Gasteiger charge is -1.93. The first-order valence-corrected chi connectivity index (χ1v) is 4.35. The number of rotatable bonds is 2. The van der Waals surface area contributed by atoms with Crippen molar-refractivity contribution in [2.24, 2.45) is 0 Å². The largest absolute Gasteiger partial charge is 0.341 e. The Bertz CT molecular complexity index is 378. The highest BCUT2D eigenvalue weighted by Gasteiger charge is 2.01. The van der Waals surface area contributed by atoms with E-state index >= 15 is 0 Å². The number of pyridine rings is 1. The number of imidazole rings is 1. The van der Waals surface area contributed by atoms with Crippen LogP contribution >= 0.6 is 0 Å². The quantitative estimate of drug-likeness (QED) is 0.755. The van der Waals surface area contributed by atoms with Crippen LogP contribution in [0.5, 0.6) is 0 Å². The molecule has 0 atom stereocenters. The van der Waals surface area contributed by atoms with Gasteiger partial charge in [-0.1, -0.05) is 13.0 Å². The summed E-state index contributed by atoms with van der Waals surface area (Å²) in [5.74, 6) is 1.00. The molecule has 66 valence electrons. The smallest absolute Gasteiger partial charge is 0.106 e. The first kappa shape index (κ1) is 7.98. The number of nitrogens with zero attached hydrogens (tertiary/aromatic N) is 2. The van der Waals surface area contributed by atoms with E-state index in [0.29, 0.717) is 0 Å². The minimum Gasteiger partial charge on any atom is -0.341 e. The lowest BCUT2D eigenvalue weighted by atomic mass is 10.3. The van der Waals surface area contributed by atoms with Gasteiger partial charge in [-0.2, -0.15) is 0 Å². The Morgan fingerprint density at radius 2 is 2.23 bits per heavy atom. The van der Waals surface area contributed by atoms with Gasteiger partial charge in [0.05, 0.1) is 17.6 Å². The van der Waals surface area contributed by atoms with Gasteiger partial charge in [0, 0.05) is 12.6 Å². The fraction of sp³-hybridized carbons (Fsp3) is 0.200. The number of hydrogen-bond acceptors (Lipinski definition) is 2. The van der Waals surface area contributed by atoms with Crippen molar-refractivity contribution in [3.05, 3.63) is 36.4 Å². The van der Waals surface area contributed by atoms with Crippen molar-refractivity contribution in [2.75, 3.05) is 0 Å². The van der Waals surface area contributed by atoms with Crippen LogP contribution in [0.3, 0.4) is 0 Å². The second-order valence-electron chi connectivity index (χ2n) is 2.81. The molecular formula is C10H11N3. The molecule has 1 N–H and O–H groups in total. The van der Waals surface area contributed by atoms with E-state index in [-0.39, 0.29) is 0 Å². The zero-order valence-corrected chi connectivity index (χ0v) is 7.49. The third-order valence-corrected chi connectivity index (χ3v) is 1.90. The topological polar surface area (TPSA) is 41.6 Å². The molecule has 0 saturated carbocycles. The van der Waals surface area contributed by atoms with E-state index in [4.69, 9.17) is 0 Å². The van der Waals surface area contributed by atoms with Crippen LogP contribution in [0.4, 0.5) is 0 Å². The summed E-state index contributed by atoms with van der Waals surface area (Å²) in [5, 5.41) is 0. The van der Waals surface area contributed by atoms with E-state index in [0.717, 1.165) is 23.6 Å². The van der Waals surface area contributed by atoms with Crippen molar-refractivity contribution in [2.45, 2.75) is 13.3 Å². The first-order chi connectivity index (χ1) is 6.40. The van der Waals surface area contributed by atoms with Crippen molar-refractivity contribution in [1.29, 1.82) is 0 Å². The van der Waals surface area contributed by atoms with Crippen LogP contribution < -0.4 is 0 Å². The average Bonchev–Trinajstić information content (AvgIpc) is 2.67. The maximum atomic E-state index is 4.23. The van der Waals surface area contributed by atoms with Gasteiger partial charge in [0.1, 0.15) is 5.82 Å². The van der Waals surface area contributed by atoms with E-state index in [9.17, 15) is 0 Å². The zero-order chi connectivity index (χ0) is 9.10. The summed E-state index contributed by atoms with van der Waals surface area (Å²) in [6, 6.07) is 5.84. The van der Waals surface area contributed by atoms with E-state index in [1.54, 1.807) is 6.20 Å². The maximum Gasteiger partial charge on any atom is 0.106 e. The Kier molecular flexibility index (Phi) is 2.08. The highest BCUT2D eigenvalue weighted by molar-refractivity contribution is 5.52. The number of aromatic nitrogens is 3. The monoisotopic (exact) mass is 173 g/mol. The van der Waals surface area contributed by atoms with Gasteiger partial charge in [-0.05, 0) is 12.1 Å². The molecule has 0 aliphatic rings. The Morgan fingerprint density at radius 1 is 1.31 bits per heavy atom. The van der Waals surface area contributed by atoms with E-state index in [1.807, 2.05) is 24.4 Å². The third-order valence-electron chi connectivity index (χ3n) is 1.90. The van der Waals surface area contributed by atoms with Crippen LogP contribution in [0, 0.1) is 0 Å². The van der Waals surface area contributed by atoms with Crippen LogP contribution in [0.1, 0.15) is 12.7 Å². The van der Waals surface area contributed by atoms with Crippen molar-refractivity contribution in [1.82, 2.24) is 15.0 Å². The summed E-state index contributed by atoms with van der Waals surface area (Å²) < 4.78 is 0. The van der Waals surface area contributed by atoms with Gasteiger partial charge in [-0.15, -0.1) is 0 Å². The van der Waals surface area contributed by atoms with Gasteiger partial charge in [-0.25, -0.2) is 4.98 Å². The minimum absolute atomic E-state index is 0.923. The molecule has 2 aromatic heterocycles. The van der Waals surface area contributed by atoms with Crippen molar-refractivity contribution < 1.29 is 0 Å². The van der Waals surface area contributed by atoms with Gasteiger partial charge in [0.25, 0.3) is 0 Å². The molecule has 2 aromatic rings. The number of hydrogen-bond donors (Lipinski definition) is 1. The van der Waals surface area contributed by atoms with Gasteiger partial charge < -0.3 is 4.98 Å². The average molecular weight is 173 g/mol. The Balaban J connectivity index is 2.36. The number of aryl methyl sites for hydroxylation is 1. The van der Waals surface area contributed by atoms with Crippen molar-refractivity contribution in [3.8, 4) is 11.4 Å². The SMILES string of the molecule is CCc1ncc(-c2ccccn2)[nH]1. The summed E-state index contributed by atoms with van der Waals surface area (Å²) in [4.78, 5) is 11.6. The number of nitrogens with one attached hydrogen (secondary N) is 1. The normalized spacial score (nSPS) is 10.2. The molecule has 0 bridgehead atoms. The molecule has 0 aliphatic heterocycles. The second-order valence-corrected chi connectivity index (χ2v) is 2.81. The Labute approximate surface area is 76.9 Å². The minimum atomic E-state index is 0.923. The molecule has 3 nitrogen and oxygen atoms in total. The van der Waals surface area contributed by atoms with Crippen LogP contribution in [-0.4, -0.2) is 15.0 Å². The summed E-state index contributed by atoms with van der Waals surface area (Å²) in [5.41, 5.74) is 1.92. The lowest BCUT2D eigenvalue weighted by Crippen LogP contribution is -1.83. The first-order valence-electron chi connectivity index (χ1n) is 4.35. The van der Waals surface area contributed by atoms with Gasteiger partial charge in [0.15, 0.2) is 0 Å². The van der Waals surface area contributed by atoms with Gasteiger partial charge >= 0.3 is 0 Å². The molecule has 0 amide bonds. The highest BCUT2D eigenvalue weighted by atomic mass is 14.9. The fourth-order valence-electron chi connectivity index (χ4n) is 1.19. The number of H-pyrrole nitrogens is 1. The lowest BCUT2D eigenvalue weighted by molar-refractivity contribution is 0.990. The van der Waals surface area contributed by atoms with Gasteiger partial charge in [0.2, 0.25) is 0 Å². The number of aromatic amines is 1. The summed E-state index contributed by atoms with van der Waals surface area (Å²) in [6.45, 7) is 2.07. The molecule has 3 heteroatoms. The van der Waals surface area contributed by atoms with Crippen molar-refractivity contribution >= 4 is 0 Å². The Morgan fingerprint density at radius 3 is 2.85 bits per heavy atom. The molecule has 2 heterocycles. The standard InChI is InChI=1S/C10H11N3/c1-2-10-12-7-9(13-10)8-5-3-4-6-11-8/h3-7H,2H2,1H3,(H,12,13). The molecule has 0 radical (unpaired) electrons. The zero-order valence-electron chi connectivity index (χ0n) is 7.49. The van der Waals surface area contributed by atoms with E-state index in [1.165, 1.54) is 0 Å². The molecule has 0 spiro atoms. The predicted octanol–water partition coefficient (Wildman–Crippen LogP) is 2.03. The summed E-state index contributed by atoms with van der Waals surface area (Å²) in [7, 11) is 0. The van der Waals surface area contributed by atoms with Crippen LogP contribution in [0.2, 0.25) is 0 Å². The molecule has 2 rings (SSSR count). The van der Waals surface area contributed by atoms with Crippen LogP contribution in [0.15, 0.2) is 30.6 Å². The van der Waals surface area contributed by atoms with Gasteiger partial charge in [-0.3, -0.25) is 4.98 Å². The van der Waals surface area contributed by atoms with Crippen molar-refractivity contribution in [3.63, 3.8) is 0 Å². The molecular weight excluding hydrogens is 162 g/mol. The van der Waals surface area contributed by atoms with Crippen LogP contribution in [-0.2, 0) is 6.42 Å². The molecule has 0 aliphatic carbocycles. The molecule has 0 fully saturated rings. The second kappa shape index (κ2) is 3.39. The molecule has 0 aromatic carbocycles. The highest BCUT2D eigenvalue weighted by Crippen LogP contribution is 2.12. The predicted molar refractivity (Wildman–Crippen MR) is 51.2 cm³/mol. The fourth-order valence-corrected chi connectivity index (χ4v) is 1.19. The molecule has 0 unspecified atom stereocenters. The van der Waals surface area contributed by atoms with Crippen LogP contribution in [0.25, 0.3) is 11.4 Å². The summed E-state index contributed by atoms with van der Waals surface area (Å²) in [6.07, 6.45) is 4.52. The van der Waals surface area contributed by atoms with E-state index < -0.39 is 0 Å². The Hall–Kier alpha value is -1.64. The third kappa shape index (κ3) is 1.59. The maximum absolute atomic E-state index is 4.23.